The third-order valence-corrected chi connectivity index (χ3v) is 8.91. The lowest BCUT2D eigenvalue weighted by Crippen LogP contribution is -2.48. The Morgan fingerprint density at radius 3 is 2.56 bits per heavy atom. The molecular weight excluding hydrogens is 576 g/mol. The number of amides is 1. The summed E-state index contributed by atoms with van der Waals surface area (Å²) >= 11 is 9.11. The van der Waals surface area contributed by atoms with Crippen LogP contribution in [0, 0.1) is 0 Å². The number of carbonyl (C=O) groups excluding carboxylic acids is 1. The molecule has 5 aromatic rings. The van der Waals surface area contributed by atoms with E-state index in [2.05, 4.69) is 44.4 Å². The van der Waals surface area contributed by atoms with Gasteiger partial charge in [-0.05, 0) is 42.0 Å². The largest absolute Gasteiger partial charge is 0.461 e. The van der Waals surface area contributed by atoms with E-state index in [1.165, 1.54) is 28.7 Å². The van der Waals surface area contributed by atoms with Crippen molar-refractivity contribution in [3.05, 3.63) is 106 Å². The minimum absolute atomic E-state index is 0.0126. The average Bonchev–Trinajstić information content (AvgIpc) is 3.79. The van der Waals surface area contributed by atoms with Gasteiger partial charge in [-0.15, -0.1) is 21.5 Å². The molecule has 0 N–H and O–H groups in total. The predicted molar refractivity (Wildman–Crippen MR) is 164 cm³/mol. The molecule has 0 atom stereocenters. The average molecular weight is 603 g/mol. The molecule has 3 aromatic heterocycles. The van der Waals surface area contributed by atoms with E-state index in [1.54, 1.807) is 6.26 Å². The van der Waals surface area contributed by atoms with Gasteiger partial charge in [-0.25, -0.2) is 4.98 Å². The van der Waals surface area contributed by atoms with Crippen LogP contribution < -0.4 is 0 Å². The standard InChI is InChI=1S/C30H27ClN6O2S2/c31-23-10-12-24(13-11-23)37-28(26-9-5-19-39-26)33-34-30(37)41-21-27-32-25(20-40-27)29(38)36-17-15-35(16-18-36)14-4-8-22-6-2-1-3-7-22/h1-13,19-20H,14-18,21H2. The normalized spacial score (nSPS) is 14.2. The number of halogens is 1. The third kappa shape index (κ3) is 6.62. The number of hydrogen-bond acceptors (Lipinski definition) is 8. The van der Waals surface area contributed by atoms with E-state index in [-0.39, 0.29) is 5.91 Å². The maximum absolute atomic E-state index is 13.2. The van der Waals surface area contributed by atoms with Crippen LogP contribution in [0.25, 0.3) is 23.3 Å². The lowest BCUT2D eigenvalue weighted by Gasteiger charge is -2.33. The first kappa shape index (κ1) is 27.5. The Morgan fingerprint density at radius 1 is 1.00 bits per heavy atom. The Hall–Kier alpha value is -3.70. The second kappa shape index (κ2) is 12.9. The van der Waals surface area contributed by atoms with Gasteiger partial charge in [-0.2, -0.15) is 0 Å². The summed E-state index contributed by atoms with van der Waals surface area (Å²) in [6, 6.07) is 21.5. The monoisotopic (exact) mass is 602 g/mol. The van der Waals surface area contributed by atoms with Gasteiger partial charge in [0, 0.05) is 48.8 Å². The summed E-state index contributed by atoms with van der Waals surface area (Å²) in [6.45, 7) is 3.95. The SMILES string of the molecule is O=C(c1csc(CSc2nnc(-c3ccco3)n2-c2ccc(Cl)cc2)n1)N1CCN(CC=Cc2ccccc2)CC1. The predicted octanol–water partition coefficient (Wildman–Crippen LogP) is 6.40. The summed E-state index contributed by atoms with van der Waals surface area (Å²) in [5, 5.41) is 12.9. The van der Waals surface area contributed by atoms with Crippen LogP contribution in [0.2, 0.25) is 5.02 Å². The lowest BCUT2D eigenvalue weighted by atomic mass is 10.2. The molecule has 1 saturated heterocycles. The lowest BCUT2D eigenvalue weighted by molar-refractivity contribution is 0.0645. The number of thioether (sulfide) groups is 1. The summed E-state index contributed by atoms with van der Waals surface area (Å²) in [6.07, 6.45) is 5.94. The van der Waals surface area contributed by atoms with Crippen molar-refractivity contribution in [1.29, 1.82) is 0 Å². The van der Waals surface area contributed by atoms with Crippen molar-refractivity contribution in [3.63, 3.8) is 0 Å². The molecule has 0 bridgehead atoms. The van der Waals surface area contributed by atoms with Crippen molar-refractivity contribution < 1.29 is 9.21 Å². The van der Waals surface area contributed by atoms with E-state index in [1.807, 2.05) is 69.4 Å². The molecule has 4 heterocycles. The number of hydrogen-bond donors (Lipinski definition) is 0. The molecule has 1 fully saturated rings. The van der Waals surface area contributed by atoms with Crippen LogP contribution >= 0.6 is 34.7 Å². The van der Waals surface area contributed by atoms with Crippen LogP contribution in [0.4, 0.5) is 0 Å². The fraction of sp³-hybridized carbons (Fsp3) is 0.200. The molecule has 41 heavy (non-hydrogen) atoms. The van der Waals surface area contributed by atoms with Gasteiger partial charge in [0.25, 0.3) is 5.91 Å². The molecule has 0 radical (unpaired) electrons. The fourth-order valence-electron chi connectivity index (χ4n) is 4.55. The summed E-state index contributed by atoms with van der Waals surface area (Å²) in [7, 11) is 0. The topological polar surface area (TPSA) is 80.3 Å². The highest BCUT2D eigenvalue weighted by molar-refractivity contribution is 7.98. The van der Waals surface area contributed by atoms with Crippen molar-refractivity contribution >= 4 is 46.7 Å². The molecule has 1 aliphatic rings. The highest BCUT2D eigenvalue weighted by Gasteiger charge is 2.24. The minimum Gasteiger partial charge on any atom is -0.461 e. The summed E-state index contributed by atoms with van der Waals surface area (Å²) < 4.78 is 7.53. The molecule has 6 rings (SSSR count). The zero-order valence-electron chi connectivity index (χ0n) is 22.1. The van der Waals surface area contributed by atoms with Crippen LogP contribution in [-0.4, -0.2) is 68.2 Å². The number of aromatic nitrogens is 4. The molecule has 0 spiro atoms. The molecule has 8 nitrogen and oxygen atoms in total. The Bertz CT molecular complexity index is 1610. The zero-order valence-corrected chi connectivity index (χ0v) is 24.5. The van der Waals surface area contributed by atoms with Gasteiger partial charge >= 0.3 is 0 Å². The van der Waals surface area contributed by atoms with Gasteiger partial charge in [0.05, 0.1) is 12.0 Å². The first-order valence-electron chi connectivity index (χ1n) is 13.2. The van der Waals surface area contributed by atoms with Gasteiger partial charge < -0.3 is 9.32 Å². The van der Waals surface area contributed by atoms with E-state index >= 15 is 0 Å². The van der Waals surface area contributed by atoms with Crippen molar-refractivity contribution in [2.75, 3.05) is 32.7 Å². The molecule has 208 valence electrons. The van der Waals surface area contributed by atoms with E-state index in [9.17, 15) is 4.79 Å². The molecule has 1 amide bonds. The summed E-state index contributed by atoms with van der Waals surface area (Å²) in [5.74, 6) is 1.77. The number of piperazine rings is 1. The highest BCUT2D eigenvalue weighted by atomic mass is 35.5. The molecule has 0 saturated carbocycles. The minimum atomic E-state index is -0.0126. The van der Waals surface area contributed by atoms with E-state index < -0.39 is 0 Å². The van der Waals surface area contributed by atoms with Gasteiger partial charge in [0.15, 0.2) is 10.9 Å². The van der Waals surface area contributed by atoms with Crippen LogP contribution in [-0.2, 0) is 5.75 Å². The second-order valence-corrected chi connectivity index (χ2v) is 11.7. The fourth-order valence-corrected chi connectivity index (χ4v) is 6.41. The smallest absolute Gasteiger partial charge is 0.273 e. The van der Waals surface area contributed by atoms with Crippen molar-refractivity contribution in [2.45, 2.75) is 10.9 Å². The Labute approximate surface area is 251 Å². The first-order valence-corrected chi connectivity index (χ1v) is 15.4. The molecule has 0 aliphatic carbocycles. The number of benzene rings is 2. The molecular formula is C30H27ClN6O2S2. The highest BCUT2D eigenvalue weighted by Crippen LogP contribution is 2.31. The van der Waals surface area contributed by atoms with Gasteiger partial charge in [-0.3, -0.25) is 14.3 Å². The Kier molecular flexibility index (Phi) is 8.62. The maximum atomic E-state index is 13.2. The molecule has 11 heteroatoms. The van der Waals surface area contributed by atoms with Gasteiger partial charge in [-0.1, -0.05) is 65.8 Å². The maximum Gasteiger partial charge on any atom is 0.273 e. The number of nitrogens with zero attached hydrogens (tertiary/aromatic N) is 6. The van der Waals surface area contributed by atoms with E-state index in [0.29, 0.717) is 46.3 Å². The quantitative estimate of drug-likeness (QED) is 0.181. The number of rotatable bonds is 9. The number of furan rings is 1. The molecule has 2 aromatic carbocycles. The van der Waals surface area contributed by atoms with Crippen LogP contribution in [0.5, 0.6) is 0 Å². The third-order valence-electron chi connectivity index (χ3n) is 6.69. The number of carbonyl (C=O) groups is 1. The number of thiazole rings is 1. The Morgan fingerprint density at radius 2 is 1.80 bits per heavy atom. The first-order chi connectivity index (χ1) is 20.1. The van der Waals surface area contributed by atoms with Gasteiger partial charge in [0.1, 0.15) is 10.7 Å². The van der Waals surface area contributed by atoms with Crippen LogP contribution in [0.15, 0.2) is 94.0 Å². The van der Waals surface area contributed by atoms with Crippen molar-refractivity contribution in [2.24, 2.45) is 0 Å². The van der Waals surface area contributed by atoms with Crippen LogP contribution in [0.3, 0.4) is 0 Å². The summed E-state index contributed by atoms with van der Waals surface area (Å²) in [5.41, 5.74) is 2.57. The van der Waals surface area contributed by atoms with Crippen molar-refractivity contribution in [3.8, 4) is 17.3 Å². The second-order valence-electron chi connectivity index (χ2n) is 9.42. The molecule has 1 aliphatic heterocycles. The van der Waals surface area contributed by atoms with Gasteiger partial charge in [0.2, 0.25) is 5.82 Å². The van der Waals surface area contributed by atoms with Crippen molar-refractivity contribution in [1.82, 2.24) is 29.5 Å². The molecule has 0 unspecified atom stereocenters. The van der Waals surface area contributed by atoms with Crippen LogP contribution in [0.1, 0.15) is 21.1 Å². The summed E-state index contributed by atoms with van der Waals surface area (Å²) in [4.78, 5) is 22.1. The Balaban J connectivity index is 1.06. The van der Waals surface area contributed by atoms with E-state index in [4.69, 9.17) is 16.0 Å². The van der Waals surface area contributed by atoms with E-state index in [0.717, 1.165) is 30.3 Å². The zero-order chi connectivity index (χ0) is 28.0.